The Hall–Kier alpha value is -2.88. The Kier molecular flexibility index (Phi) is 7.35. The van der Waals surface area contributed by atoms with Crippen LogP contribution < -0.4 is 15.0 Å². The lowest BCUT2D eigenvalue weighted by Gasteiger charge is -2.21. The Balaban J connectivity index is 2.11. The minimum atomic E-state index is -0.708. The summed E-state index contributed by atoms with van der Waals surface area (Å²) in [5.41, 5.74) is 0.892. The van der Waals surface area contributed by atoms with Gasteiger partial charge in [-0.1, -0.05) is 35.2 Å². The van der Waals surface area contributed by atoms with Gasteiger partial charge in [0.1, 0.15) is 5.75 Å². The Labute approximate surface area is 167 Å². The fourth-order valence-electron chi connectivity index (χ4n) is 2.17. The number of anilines is 2. The quantitative estimate of drug-likeness (QED) is 0.692. The van der Waals surface area contributed by atoms with Crippen molar-refractivity contribution in [2.45, 2.75) is 6.92 Å². The molecule has 0 saturated carbocycles. The molecule has 0 heterocycles. The van der Waals surface area contributed by atoms with Crippen LogP contribution in [0.1, 0.15) is 6.92 Å². The van der Waals surface area contributed by atoms with Gasteiger partial charge in [0.25, 0.3) is 0 Å². The molecule has 2 aromatic carbocycles. The van der Waals surface area contributed by atoms with E-state index in [1.165, 1.54) is 11.0 Å². The van der Waals surface area contributed by atoms with E-state index in [2.05, 4.69) is 11.2 Å². The third-order valence-corrected chi connectivity index (χ3v) is 3.70. The highest BCUT2D eigenvalue weighted by molar-refractivity contribution is 6.35. The lowest BCUT2D eigenvalue weighted by atomic mass is 10.3. The molecular weight excluding hydrogens is 391 g/mol. The molecule has 0 saturated heterocycles. The van der Waals surface area contributed by atoms with Crippen molar-refractivity contribution in [2.24, 2.45) is 0 Å². The van der Waals surface area contributed by atoms with Crippen molar-refractivity contribution in [1.82, 2.24) is 0 Å². The predicted octanol–water partition coefficient (Wildman–Crippen LogP) is 5.20. The maximum atomic E-state index is 12.5. The van der Waals surface area contributed by atoms with Gasteiger partial charge in [-0.3, -0.25) is 10.2 Å². The van der Waals surface area contributed by atoms with Crippen LogP contribution in [-0.2, 0) is 4.74 Å². The molecule has 0 aromatic heterocycles. The molecule has 1 N–H and O–H groups in total. The molecule has 0 aliphatic heterocycles. The summed E-state index contributed by atoms with van der Waals surface area (Å²) in [6, 6.07) is 11.1. The van der Waals surface area contributed by atoms with Crippen molar-refractivity contribution in [3.8, 4) is 18.1 Å². The van der Waals surface area contributed by atoms with E-state index in [9.17, 15) is 9.59 Å². The van der Waals surface area contributed by atoms with Crippen molar-refractivity contribution in [3.05, 3.63) is 52.5 Å². The van der Waals surface area contributed by atoms with Crippen molar-refractivity contribution >= 4 is 46.8 Å². The minimum absolute atomic E-state index is 0.145. The normalized spacial score (nSPS) is 9.85. The first kappa shape index (κ1) is 20.4. The summed E-state index contributed by atoms with van der Waals surface area (Å²) >= 11 is 12.0. The number of amides is 2. The van der Waals surface area contributed by atoms with E-state index in [1.54, 1.807) is 43.3 Å². The number of rotatable bonds is 5. The number of hydrogen-bond donors (Lipinski definition) is 1. The maximum absolute atomic E-state index is 12.5. The Morgan fingerprint density at radius 1 is 1.19 bits per heavy atom. The van der Waals surface area contributed by atoms with Crippen LogP contribution in [0.2, 0.25) is 10.0 Å². The number of carbonyl (C=O) groups excluding carboxylic acids is 2. The molecule has 0 aliphatic rings. The van der Waals surface area contributed by atoms with Crippen LogP contribution in [-0.4, -0.2) is 25.3 Å². The fraction of sp³-hybridized carbons (Fsp3) is 0.158. The molecule has 0 aliphatic carbocycles. The van der Waals surface area contributed by atoms with Crippen LogP contribution in [0.15, 0.2) is 42.5 Å². The second-order valence-electron chi connectivity index (χ2n) is 5.17. The predicted molar refractivity (Wildman–Crippen MR) is 106 cm³/mol. The molecule has 8 heteroatoms. The van der Waals surface area contributed by atoms with Gasteiger partial charge in [-0.2, -0.15) is 0 Å². The van der Waals surface area contributed by atoms with E-state index in [0.29, 0.717) is 28.0 Å². The molecule has 6 nitrogen and oxygen atoms in total. The van der Waals surface area contributed by atoms with Gasteiger partial charge in [-0.25, -0.2) is 9.59 Å². The smallest absolute Gasteiger partial charge is 0.419 e. The van der Waals surface area contributed by atoms with Gasteiger partial charge in [-0.15, -0.1) is 6.42 Å². The van der Waals surface area contributed by atoms with Gasteiger partial charge in [0, 0.05) is 34.0 Å². The van der Waals surface area contributed by atoms with E-state index < -0.39 is 12.2 Å². The highest BCUT2D eigenvalue weighted by Crippen LogP contribution is 2.26. The highest BCUT2D eigenvalue weighted by atomic mass is 35.5. The second kappa shape index (κ2) is 9.72. The minimum Gasteiger partial charge on any atom is -0.436 e. The van der Waals surface area contributed by atoms with Crippen LogP contribution in [0.5, 0.6) is 5.75 Å². The molecule has 0 spiro atoms. The van der Waals surface area contributed by atoms with E-state index in [4.69, 9.17) is 39.1 Å². The molecule has 27 heavy (non-hydrogen) atoms. The zero-order valence-electron chi connectivity index (χ0n) is 14.4. The molecule has 0 radical (unpaired) electrons. The van der Waals surface area contributed by atoms with Gasteiger partial charge < -0.3 is 9.47 Å². The van der Waals surface area contributed by atoms with E-state index in [1.807, 2.05) is 0 Å². The van der Waals surface area contributed by atoms with Crippen LogP contribution >= 0.6 is 23.2 Å². The average Bonchev–Trinajstić information content (AvgIpc) is 2.60. The summed E-state index contributed by atoms with van der Waals surface area (Å²) in [5, 5.41) is 3.29. The zero-order chi connectivity index (χ0) is 19.8. The summed E-state index contributed by atoms with van der Waals surface area (Å²) in [6.07, 6.45) is 3.69. The number of halogens is 2. The summed E-state index contributed by atoms with van der Waals surface area (Å²) < 4.78 is 10.1. The van der Waals surface area contributed by atoms with Crippen molar-refractivity contribution < 1.29 is 19.1 Å². The topological polar surface area (TPSA) is 67.9 Å². The van der Waals surface area contributed by atoms with Crippen LogP contribution in [0.3, 0.4) is 0 Å². The molecule has 0 atom stereocenters. The number of benzene rings is 2. The van der Waals surface area contributed by atoms with Crippen LogP contribution in [0.4, 0.5) is 21.0 Å². The molecule has 2 amide bonds. The van der Waals surface area contributed by atoms with Gasteiger partial charge in [0.05, 0.1) is 0 Å². The number of hydrogen-bond acceptors (Lipinski definition) is 4. The lowest BCUT2D eigenvalue weighted by Crippen LogP contribution is -2.33. The maximum Gasteiger partial charge on any atom is 0.419 e. The molecule has 0 unspecified atom stereocenters. The van der Waals surface area contributed by atoms with E-state index in [0.717, 1.165) is 0 Å². The van der Waals surface area contributed by atoms with Crippen molar-refractivity contribution in [2.75, 3.05) is 23.4 Å². The fourth-order valence-corrected chi connectivity index (χ4v) is 2.68. The first-order valence-electron chi connectivity index (χ1n) is 7.85. The molecule has 140 valence electrons. The molecule has 2 aromatic rings. The first-order chi connectivity index (χ1) is 12.9. The van der Waals surface area contributed by atoms with E-state index >= 15 is 0 Å². The van der Waals surface area contributed by atoms with Gasteiger partial charge in [0.2, 0.25) is 0 Å². The van der Waals surface area contributed by atoms with Gasteiger partial charge >= 0.3 is 12.2 Å². The summed E-state index contributed by atoms with van der Waals surface area (Å²) in [4.78, 5) is 25.4. The zero-order valence-corrected chi connectivity index (χ0v) is 15.9. The summed E-state index contributed by atoms with van der Waals surface area (Å²) in [6.45, 7) is 1.98. The molecule has 0 fully saturated rings. The molecule has 2 rings (SSSR count). The number of nitrogens with zero attached hydrogens (tertiary/aromatic N) is 1. The van der Waals surface area contributed by atoms with Crippen LogP contribution in [0, 0.1) is 12.3 Å². The number of terminal acetylenes is 1. The Morgan fingerprint density at radius 3 is 2.52 bits per heavy atom. The van der Waals surface area contributed by atoms with Gasteiger partial charge in [0.15, 0.2) is 6.61 Å². The number of nitrogens with one attached hydrogen (secondary N) is 1. The summed E-state index contributed by atoms with van der Waals surface area (Å²) in [5.74, 6) is 2.42. The third kappa shape index (κ3) is 6.10. The van der Waals surface area contributed by atoms with Crippen LogP contribution in [0.25, 0.3) is 0 Å². The Morgan fingerprint density at radius 2 is 1.89 bits per heavy atom. The monoisotopic (exact) mass is 406 g/mol. The van der Waals surface area contributed by atoms with Crippen molar-refractivity contribution in [1.29, 1.82) is 0 Å². The third-order valence-electron chi connectivity index (χ3n) is 3.27. The van der Waals surface area contributed by atoms with Crippen molar-refractivity contribution in [3.63, 3.8) is 0 Å². The SMILES string of the molecule is C#CCOC(=O)Nc1cccc(OC(=O)N(CC)c2cc(Cl)cc(Cl)c2)c1. The second-order valence-corrected chi connectivity index (χ2v) is 6.05. The Bertz CT molecular complexity index is 860. The lowest BCUT2D eigenvalue weighted by molar-refractivity contribution is 0.176. The largest absolute Gasteiger partial charge is 0.436 e. The average molecular weight is 407 g/mol. The molecule has 0 bridgehead atoms. The first-order valence-corrected chi connectivity index (χ1v) is 8.61. The molecular formula is C19H16Cl2N2O4. The number of ether oxygens (including phenoxy) is 2. The van der Waals surface area contributed by atoms with E-state index in [-0.39, 0.29) is 12.4 Å². The standard InChI is InChI=1S/C19H16Cl2N2O4/c1-3-8-26-18(24)22-15-6-5-7-17(12-15)27-19(25)23(4-2)16-10-13(20)9-14(21)11-16/h1,5-7,9-12H,4,8H2,2H3,(H,22,24). The highest BCUT2D eigenvalue weighted by Gasteiger charge is 2.18. The van der Waals surface area contributed by atoms with Gasteiger partial charge in [-0.05, 0) is 37.3 Å². The number of carbonyl (C=O) groups is 2. The summed E-state index contributed by atoms with van der Waals surface area (Å²) in [7, 11) is 0.